The van der Waals surface area contributed by atoms with Crippen molar-refractivity contribution in [3.8, 4) is 0 Å². The highest BCUT2D eigenvalue weighted by atomic mass is 16.4. The summed E-state index contributed by atoms with van der Waals surface area (Å²) in [5.74, 6) is 0.226. The van der Waals surface area contributed by atoms with Crippen molar-refractivity contribution in [2.24, 2.45) is 11.8 Å². The molecule has 0 bridgehead atoms. The van der Waals surface area contributed by atoms with Gasteiger partial charge in [0.05, 0.1) is 5.92 Å². The Morgan fingerprint density at radius 2 is 2.05 bits per heavy atom. The Balaban J connectivity index is 2.16. The third-order valence-electron chi connectivity index (χ3n) is 4.76. The van der Waals surface area contributed by atoms with Gasteiger partial charge in [-0.25, -0.2) is 0 Å². The number of carbonyl (C=O) groups is 1. The Bertz CT molecular complexity index is 478. The minimum Gasteiger partial charge on any atom is -0.481 e. The third kappa shape index (κ3) is 3.23. The summed E-state index contributed by atoms with van der Waals surface area (Å²) in [6.45, 7) is 6.61. The largest absolute Gasteiger partial charge is 0.481 e. The lowest BCUT2D eigenvalue weighted by Crippen LogP contribution is -2.06. The molecular formula is C18H26O2. The standard InChI is InChI=1S/C18H26O2/c1-4-12-7-8-13(5-2)16(9-12)14(6-3)10-15-11-17(15)18(19)20/h7-9,14-15,17H,4-6,10-11H2,1-3H3,(H,19,20). The summed E-state index contributed by atoms with van der Waals surface area (Å²) in [7, 11) is 0. The van der Waals surface area contributed by atoms with Crippen LogP contribution >= 0.6 is 0 Å². The van der Waals surface area contributed by atoms with E-state index in [2.05, 4.69) is 39.0 Å². The van der Waals surface area contributed by atoms with Crippen LogP contribution in [0.2, 0.25) is 0 Å². The monoisotopic (exact) mass is 274 g/mol. The molecule has 1 aromatic carbocycles. The first-order valence-electron chi connectivity index (χ1n) is 7.95. The van der Waals surface area contributed by atoms with Crippen molar-refractivity contribution in [1.82, 2.24) is 0 Å². The molecule has 1 fully saturated rings. The molecular weight excluding hydrogens is 248 g/mol. The van der Waals surface area contributed by atoms with Gasteiger partial charge in [-0.05, 0) is 60.6 Å². The van der Waals surface area contributed by atoms with Crippen LogP contribution in [0.15, 0.2) is 18.2 Å². The molecule has 3 atom stereocenters. The van der Waals surface area contributed by atoms with Gasteiger partial charge >= 0.3 is 5.97 Å². The summed E-state index contributed by atoms with van der Waals surface area (Å²) >= 11 is 0. The highest BCUT2D eigenvalue weighted by Gasteiger charge is 2.43. The molecule has 2 heteroatoms. The van der Waals surface area contributed by atoms with Crippen LogP contribution in [0.5, 0.6) is 0 Å². The Kier molecular flexibility index (Phi) is 4.85. The molecule has 1 aromatic rings. The lowest BCUT2D eigenvalue weighted by atomic mass is 9.85. The highest BCUT2D eigenvalue weighted by molar-refractivity contribution is 5.73. The van der Waals surface area contributed by atoms with Crippen LogP contribution in [0.4, 0.5) is 0 Å². The van der Waals surface area contributed by atoms with Gasteiger partial charge in [-0.1, -0.05) is 39.0 Å². The quantitative estimate of drug-likeness (QED) is 0.799. The Hall–Kier alpha value is -1.31. The minimum atomic E-state index is -0.608. The molecule has 1 aliphatic rings. The summed E-state index contributed by atoms with van der Waals surface area (Å²) < 4.78 is 0. The van der Waals surface area contributed by atoms with Crippen molar-refractivity contribution in [2.45, 2.75) is 58.8 Å². The van der Waals surface area contributed by atoms with Gasteiger partial charge in [0.1, 0.15) is 0 Å². The molecule has 0 saturated heterocycles. The molecule has 110 valence electrons. The van der Waals surface area contributed by atoms with E-state index < -0.39 is 5.97 Å². The topological polar surface area (TPSA) is 37.3 Å². The zero-order valence-corrected chi connectivity index (χ0v) is 12.9. The number of hydrogen-bond acceptors (Lipinski definition) is 1. The molecule has 1 aliphatic carbocycles. The fourth-order valence-corrected chi connectivity index (χ4v) is 3.26. The van der Waals surface area contributed by atoms with Crippen LogP contribution in [0.1, 0.15) is 62.6 Å². The van der Waals surface area contributed by atoms with Crippen LogP contribution in [-0.2, 0) is 17.6 Å². The predicted octanol–water partition coefficient (Wildman–Crippen LogP) is 4.42. The lowest BCUT2D eigenvalue weighted by molar-refractivity contribution is -0.138. The van der Waals surface area contributed by atoms with Gasteiger partial charge in [0.15, 0.2) is 0 Å². The summed E-state index contributed by atoms with van der Waals surface area (Å²) in [5, 5.41) is 9.06. The maximum atomic E-state index is 11.0. The van der Waals surface area contributed by atoms with E-state index in [1.165, 1.54) is 16.7 Å². The van der Waals surface area contributed by atoms with Gasteiger partial charge in [0.2, 0.25) is 0 Å². The molecule has 20 heavy (non-hydrogen) atoms. The van der Waals surface area contributed by atoms with Crippen molar-refractivity contribution in [3.63, 3.8) is 0 Å². The Labute approximate surface area is 122 Å². The van der Waals surface area contributed by atoms with Crippen LogP contribution < -0.4 is 0 Å². The molecule has 2 rings (SSSR count). The van der Waals surface area contributed by atoms with Crippen LogP contribution in [0, 0.1) is 11.8 Å². The van der Waals surface area contributed by atoms with Crippen LogP contribution in [-0.4, -0.2) is 11.1 Å². The van der Waals surface area contributed by atoms with Crippen molar-refractivity contribution in [1.29, 1.82) is 0 Å². The van der Waals surface area contributed by atoms with Gasteiger partial charge in [0.25, 0.3) is 0 Å². The Morgan fingerprint density at radius 1 is 1.30 bits per heavy atom. The Morgan fingerprint density at radius 3 is 2.55 bits per heavy atom. The fraction of sp³-hybridized carbons (Fsp3) is 0.611. The highest BCUT2D eigenvalue weighted by Crippen LogP contribution is 2.46. The zero-order chi connectivity index (χ0) is 14.7. The lowest BCUT2D eigenvalue weighted by Gasteiger charge is -2.20. The molecule has 0 spiro atoms. The predicted molar refractivity (Wildman–Crippen MR) is 82.1 cm³/mol. The molecule has 2 nitrogen and oxygen atoms in total. The maximum absolute atomic E-state index is 11.0. The van der Waals surface area contributed by atoms with Gasteiger partial charge in [0, 0.05) is 0 Å². The van der Waals surface area contributed by atoms with E-state index in [4.69, 9.17) is 5.11 Å². The smallest absolute Gasteiger partial charge is 0.306 e. The van der Waals surface area contributed by atoms with Gasteiger partial charge in [-0.3, -0.25) is 4.79 Å². The number of hydrogen-bond donors (Lipinski definition) is 1. The van der Waals surface area contributed by atoms with E-state index in [1.807, 2.05) is 0 Å². The summed E-state index contributed by atoms with van der Waals surface area (Å²) in [6, 6.07) is 6.84. The zero-order valence-electron chi connectivity index (χ0n) is 12.9. The van der Waals surface area contributed by atoms with Crippen LogP contribution in [0.3, 0.4) is 0 Å². The fourth-order valence-electron chi connectivity index (χ4n) is 3.26. The van der Waals surface area contributed by atoms with E-state index in [1.54, 1.807) is 0 Å². The number of rotatable bonds is 7. The van der Waals surface area contributed by atoms with E-state index in [-0.39, 0.29) is 5.92 Å². The second-order valence-electron chi connectivity index (χ2n) is 6.02. The van der Waals surface area contributed by atoms with Gasteiger partial charge in [-0.15, -0.1) is 0 Å². The molecule has 0 heterocycles. The molecule has 0 radical (unpaired) electrons. The number of carboxylic acid groups (broad SMARTS) is 1. The first-order valence-corrected chi connectivity index (χ1v) is 7.95. The van der Waals surface area contributed by atoms with Crippen LogP contribution in [0.25, 0.3) is 0 Å². The number of carboxylic acids is 1. The van der Waals surface area contributed by atoms with Crippen molar-refractivity contribution in [2.75, 3.05) is 0 Å². The minimum absolute atomic E-state index is 0.0801. The third-order valence-corrected chi connectivity index (χ3v) is 4.76. The molecule has 1 N–H and O–H groups in total. The number of benzene rings is 1. The first-order chi connectivity index (χ1) is 9.60. The normalized spacial score (nSPS) is 22.6. The first kappa shape index (κ1) is 15.1. The molecule has 0 aromatic heterocycles. The van der Waals surface area contributed by atoms with E-state index in [9.17, 15) is 4.79 Å². The molecule has 1 saturated carbocycles. The van der Waals surface area contributed by atoms with Gasteiger partial charge < -0.3 is 5.11 Å². The molecule has 3 unspecified atom stereocenters. The maximum Gasteiger partial charge on any atom is 0.306 e. The summed E-state index contributed by atoms with van der Waals surface area (Å²) in [4.78, 5) is 11.0. The van der Waals surface area contributed by atoms with Crippen molar-refractivity contribution < 1.29 is 9.90 Å². The van der Waals surface area contributed by atoms with Gasteiger partial charge in [-0.2, -0.15) is 0 Å². The summed E-state index contributed by atoms with van der Waals surface area (Å²) in [5.41, 5.74) is 4.29. The second kappa shape index (κ2) is 6.43. The second-order valence-corrected chi connectivity index (χ2v) is 6.02. The number of aliphatic carboxylic acids is 1. The van der Waals surface area contributed by atoms with E-state index >= 15 is 0 Å². The van der Waals surface area contributed by atoms with E-state index in [0.717, 1.165) is 32.1 Å². The summed E-state index contributed by atoms with van der Waals surface area (Å²) in [6.07, 6.45) is 5.13. The van der Waals surface area contributed by atoms with E-state index in [0.29, 0.717) is 11.8 Å². The molecule has 0 aliphatic heterocycles. The average Bonchev–Trinajstić information content (AvgIpc) is 3.23. The molecule has 0 amide bonds. The average molecular weight is 274 g/mol. The van der Waals surface area contributed by atoms with Crippen molar-refractivity contribution in [3.05, 3.63) is 34.9 Å². The SMILES string of the molecule is CCc1ccc(CC)c(C(CC)CC2CC2C(=O)O)c1. The number of aryl methyl sites for hydroxylation is 2. The van der Waals surface area contributed by atoms with Crippen molar-refractivity contribution >= 4 is 5.97 Å².